The molecule has 0 aliphatic carbocycles. The van der Waals surface area contributed by atoms with Crippen LogP contribution in [-0.2, 0) is 4.79 Å². The van der Waals surface area contributed by atoms with Crippen molar-refractivity contribution in [1.82, 2.24) is 0 Å². The van der Waals surface area contributed by atoms with Crippen LogP contribution in [0.3, 0.4) is 0 Å². The minimum absolute atomic E-state index is 0.165. The number of rotatable bonds is 7. The number of azo groups is 1. The van der Waals surface area contributed by atoms with E-state index in [4.69, 9.17) is 16.3 Å². The van der Waals surface area contributed by atoms with Crippen molar-refractivity contribution in [3.8, 4) is 5.75 Å². The maximum absolute atomic E-state index is 11.5. The number of anilines is 1. The van der Waals surface area contributed by atoms with Gasteiger partial charge in [-0.2, -0.15) is 0 Å². The summed E-state index contributed by atoms with van der Waals surface area (Å²) in [5.74, 6) is 0.129. The summed E-state index contributed by atoms with van der Waals surface area (Å²) >= 11 is 5.96. The van der Waals surface area contributed by atoms with Gasteiger partial charge in [0, 0.05) is 19.1 Å². The van der Waals surface area contributed by atoms with Crippen LogP contribution < -0.4 is 10.1 Å². The van der Waals surface area contributed by atoms with Crippen molar-refractivity contribution in [1.29, 1.82) is 0 Å². The summed E-state index contributed by atoms with van der Waals surface area (Å²) in [7, 11) is 0. The summed E-state index contributed by atoms with van der Waals surface area (Å²) in [4.78, 5) is 32.0. The SMILES string of the molecule is CCOc1cc(N=Nc2c(Cl)cc([N+](=O)[O-])cc2[N+](=O)[O-])c(NC(C)=O)cc1C. The third kappa shape index (κ3) is 5.23. The fourth-order valence-corrected chi connectivity index (χ4v) is 2.63. The van der Waals surface area contributed by atoms with Gasteiger partial charge in [0.2, 0.25) is 5.91 Å². The Morgan fingerprint density at radius 2 is 1.86 bits per heavy atom. The molecular weight excluding hydrogens is 406 g/mol. The second-order valence-corrected chi connectivity index (χ2v) is 6.17. The minimum atomic E-state index is -0.845. The highest BCUT2D eigenvalue weighted by molar-refractivity contribution is 6.33. The monoisotopic (exact) mass is 421 g/mol. The molecule has 0 saturated heterocycles. The first-order valence-corrected chi connectivity index (χ1v) is 8.61. The van der Waals surface area contributed by atoms with Crippen molar-refractivity contribution in [3.63, 3.8) is 0 Å². The second-order valence-electron chi connectivity index (χ2n) is 5.76. The molecule has 0 heterocycles. The molecule has 0 saturated carbocycles. The lowest BCUT2D eigenvalue weighted by molar-refractivity contribution is -0.393. The number of nitrogens with one attached hydrogen (secondary N) is 1. The number of nitro benzene ring substituents is 2. The Hall–Kier alpha value is -3.60. The number of nitro groups is 2. The van der Waals surface area contributed by atoms with Gasteiger partial charge < -0.3 is 10.1 Å². The summed E-state index contributed by atoms with van der Waals surface area (Å²) in [5, 5.41) is 32.3. The van der Waals surface area contributed by atoms with Crippen LogP contribution in [0.4, 0.5) is 28.4 Å². The van der Waals surface area contributed by atoms with E-state index in [2.05, 4.69) is 15.5 Å². The Bertz CT molecular complexity index is 1020. The summed E-state index contributed by atoms with van der Waals surface area (Å²) in [6.45, 7) is 5.26. The zero-order valence-corrected chi connectivity index (χ0v) is 16.4. The van der Waals surface area contributed by atoms with Gasteiger partial charge in [-0.15, -0.1) is 10.2 Å². The maximum atomic E-state index is 11.5. The molecule has 0 unspecified atom stereocenters. The van der Waals surface area contributed by atoms with E-state index in [-0.39, 0.29) is 22.3 Å². The average molecular weight is 422 g/mol. The van der Waals surface area contributed by atoms with E-state index in [1.54, 1.807) is 19.9 Å². The number of ether oxygens (including phenoxy) is 1. The van der Waals surface area contributed by atoms with E-state index in [0.29, 0.717) is 18.0 Å². The molecule has 2 aromatic carbocycles. The molecule has 1 N–H and O–H groups in total. The second kappa shape index (κ2) is 9.06. The van der Waals surface area contributed by atoms with Gasteiger partial charge in [0.05, 0.1) is 33.2 Å². The summed E-state index contributed by atoms with van der Waals surface area (Å²) in [5.41, 5.74) is -0.371. The van der Waals surface area contributed by atoms with Crippen LogP contribution in [0.5, 0.6) is 5.75 Å². The molecule has 152 valence electrons. The Kier molecular flexibility index (Phi) is 6.78. The molecule has 11 nitrogen and oxygen atoms in total. The number of aryl methyl sites for hydroxylation is 1. The average Bonchev–Trinajstić information content (AvgIpc) is 2.62. The number of hydrogen-bond acceptors (Lipinski definition) is 8. The molecule has 0 spiro atoms. The number of nitrogens with zero attached hydrogens (tertiary/aromatic N) is 4. The first-order chi connectivity index (χ1) is 13.6. The van der Waals surface area contributed by atoms with Crippen LogP contribution in [0.1, 0.15) is 19.4 Å². The van der Waals surface area contributed by atoms with Gasteiger partial charge in [-0.3, -0.25) is 25.0 Å². The zero-order valence-electron chi connectivity index (χ0n) is 15.6. The quantitative estimate of drug-likeness (QED) is 0.367. The van der Waals surface area contributed by atoms with Gasteiger partial charge in [-0.1, -0.05) is 11.6 Å². The number of carbonyl (C=O) groups excluding carboxylic acids is 1. The lowest BCUT2D eigenvalue weighted by Gasteiger charge is -2.12. The normalized spacial score (nSPS) is 10.8. The Morgan fingerprint density at radius 3 is 2.41 bits per heavy atom. The molecule has 2 aromatic rings. The lowest BCUT2D eigenvalue weighted by atomic mass is 10.1. The van der Waals surface area contributed by atoms with Crippen molar-refractivity contribution < 1.29 is 19.4 Å². The smallest absolute Gasteiger partial charge is 0.305 e. The topological polar surface area (TPSA) is 149 Å². The predicted octanol–water partition coefficient (Wildman–Crippen LogP) is 5.24. The van der Waals surface area contributed by atoms with Crippen molar-refractivity contribution >= 4 is 45.9 Å². The summed E-state index contributed by atoms with van der Waals surface area (Å²) in [6, 6.07) is 4.82. The molecule has 1 amide bonds. The van der Waals surface area contributed by atoms with Gasteiger partial charge in [0.25, 0.3) is 5.69 Å². The van der Waals surface area contributed by atoms with Crippen molar-refractivity contribution in [3.05, 3.63) is 55.1 Å². The van der Waals surface area contributed by atoms with Gasteiger partial charge >= 0.3 is 5.69 Å². The number of hydrogen-bond donors (Lipinski definition) is 1. The van der Waals surface area contributed by atoms with Crippen molar-refractivity contribution in [2.24, 2.45) is 10.2 Å². The summed E-state index contributed by atoms with van der Waals surface area (Å²) < 4.78 is 5.49. The third-order valence-electron chi connectivity index (χ3n) is 3.60. The van der Waals surface area contributed by atoms with Crippen LogP contribution >= 0.6 is 11.6 Å². The van der Waals surface area contributed by atoms with Crippen LogP contribution in [0.25, 0.3) is 0 Å². The van der Waals surface area contributed by atoms with E-state index in [0.717, 1.165) is 17.7 Å². The number of benzene rings is 2. The Labute approximate surface area is 169 Å². The molecule has 2 rings (SSSR count). The van der Waals surface area contributed by atoms with E-state index in [9.17, 15) is 25.0 Å². The maximum Gasteiger partial charge on any atom is 0.305 e. The lowest BCUT2D eigenvalue weighted by Crippen LogP contribution is -2.06. The molecule has 0 aromatic heterocycles. The highest BCUT2D eigenvalue weighted by Crippen LogP contribution is 2.41. The highest BCUT2D eigenvalue weighted by atomic mass is 35.5. The van der Waals surface area contributed by atoms with Gasteiger partial charge in [0.1, 0.15) is 11.4 Å². The van der Waals surface area contributed by atoms with Gasteiger partial charge in [0.15, 0.2) is 5.69 Å². The van der Waals surface area contributed by atoms with E-state index >= 15 is 0 Å². The molecule has 0 aliphatic rings. The van der Waals surface area contributed by atoms with Crippen molar-refractivity contribution in [2.75, 3.05) is 11.9 Å². The first-order valence-electron chi connectivity index (χ1n) is 8.23. The Morgan fingerprint density at radius 1 is 1.17 bits per heavy atom. The van der Waals surface area contributed by atoms with Crippen LogP contribution in [0.2, 0.25) is 5.02 Å². The Balaban J connectivity index is 2.60. The van der Waals surface area contributed by atoms with Crippen LogP contribution in [0, 0.1) is 27.2 Å². The number of amides is 1. The number of carbonyl (C=O) groups is 1. The number of non-ortho nitro benzene ring substituents is 1. The molecule has 29 heavy (non-hydrogen) atoms. The fourth-order valence-electron chi connectivity index (χ4n) is 2.38. The minimum Gasteiger partial charge on any atom is -0.494 e. The van der Waals surface area contributed by atoms with Gasteiger partial charge in [-0.25, -0.2) is 0 Å². The zero-order chi connectivity index (χ0) is 21.7. The third-order valence-corrected chi connectivity index (χ3v) is 3.89. The molecule has 0 fully saturated rings. The highest BCUT2D eigenvalue weighted by Gasteiger charge is 2.24. The molecule has 0 radical (unpaired) electrons. The molecule has 0 atom stereocenters. The van der Waals surface area contributed by atoms with E-state index < -0.39 is 21.2 Å². The predicted molar refractivity (Wildman–Crippen MR) is 106 cm³/mol. The molecule has 0 aliphatic heterocycles. The summed E-state index contributed by atoms with van der Waals surface area (Å²) in [6.07, 6.45) is 0. The van der Waals surface area contributed by atoms with E-state index in [1.165, 1.54) is 13.0 Å². The molecule has 0 bridgehead atoms. The fraction of sp³-hybridized carbons (Fsp3) is 0.235. The molecular formula is C17H16ClN5O6. The van der Waals surface area contributed by atoms with Crippen LogP contribution in [-0.4, -0.2) is 22.4 Å². The van der Waals surface area contributed by atoms with Crippen molar-refractivity contribution in [2.45, 2.75) is 20.8 Å². The number of halogens is 1. The van der Waals surface area contributed by atoms with Gasteiger partial charge in [-0.05, 0) is 25.5 Å². The first kappa shape index (κ1) is 21.7. The van der Waals surface area contributed by atoms with E-state index in [1.807, 2.05) is 0 Å². The van der Waals surface area contributed by atoms with Crippen LogP contribution in [0.15, 0.2) is 34.5 Å². The largest absolute Gasteiger partial charge is 0.494 e. The molecule has 12 heteroatoms. The standard InChI is InChI=1S/C17H16ClN5O6/c1-4-29-16-8-14(13(5-9(16)2)19-10(3)24)20-21-17-12(18)6-11(22(25)26)7-15(17)23(27)28/h5-8H,4H2,1-3H3,(H,19,24).